The van der Waals surface area contributed by atoms with Crippen LogP contribution in [0.25, 0.3) is 5.69 Å². The molecule has 1 aliphatic heterocycles. The quantitative estimate of drug-likeness (QED) is 0.674. The van der Waals surface area contributed by atoms with Gasteiger partial charge in [-0.1, -0.05) is 11.6 Å². The second-order valence-electron chi connectivity index (χ2n) is 7.56. The number of benzene rings is 1. The van der Waals surface area contributed by atoms with E-state index in [2.05, 4.69) is 20.3 Å². The van der Waals surface area contributed by atoms with Crippen molar-refractivity contribution in [3.05, 3.63) is 59.5 Å². The minimum Gasteiger partial charge on any atom is -0.343 e. The van der Waals surface area contributed by atoms with Gasteiger partial charge in [-0.2, -0.15) is 4.98 Å². The Morgan fingerprint density at radius 1 is 1.20 bits per heavy atom. The van der Waals surface area contributed by atoms with Crippen LogP contribution in [0.15, 0.2) is 43.0 Å². The molecule has 1 saturated heterocycles. The van der Waals surface area contributed by atoms with Crippen LogP contribution in [0.1, 0.15) is 18.5 Å². The normalized spacial score (nSPS) is 17.5. The third kappa shape index (κ3) is 3.24. The molecule has 5 rings (SSSR count). The molecule has 1 N–H and O–H groups in total. The third-order valence-corrected chi connectivity index (χ3v) is 5.73. The van der Waals surface area contributed by atoms with Crippen LogP contribution in [0.4, 0.5) is 21.0 Å². The number of aromatic nitrogens is 4. The molecular weight excluding hydrogens is 409 g/mol. The molecule has 2 aliphatic rings. The summed E-state index contributed by atoms with van der Waals surface area (Å²) in [5, 5.41) is 3.81. The standard InChI is InChI=1S/C20H19ClFN7O/c1-27-8-9-29(19(27)30)17-4-7-23-18(25-17)26-20(5-6-20)16-11-28(12-24-16)15-10-13(21)2-3-14(15)22/h2-4,7,10-12H,5-6,8-9H2,1H3,(H,23,25,26). The van der Waals surface area contributed by atoms with Gasteiger partial charge in [-0.05, 0) is 37.1 Å². The lowest BCUT2D eigenvalue weighted by Gasteiger charge is -2.18. The summed E-state index contributed by atoms with van der Waals surface area (Å²) in [6.45, 7) is 1.25. The van der Waals surface area contributed by atoms with Crippen LogP contribution in [0.3, 0.4) is 0 Å². The maximum absolute atomic E-state index is 14.2. The molecule has 0 atom stereocenters. The van der Waals surface area contributed by atoms with E-state index in [0.29, 0.717) is 35.6 Å². The van der Waals surface area contributed by atoms with Gasteiger partial charge in [-0.15, -0.1) is 0 Å². The monoisotopic (exact) mass is 427 g/mol. The Hall–Kier alpha value is -3.20. The fourth-order valence-corrected chi connectivity index (χ4v) is 3.76. The van der Waals surface area contributed by atoms with E-state index < -0.39 is 5.54 Å². The molecule has 3 aromatic rings. The first-order valence-electron chi connectivity index (χ1n) is 9.59. The van der Waals surface area contributed by atoms with E-state index in [9.17, 15) is 9.18 Å². The number of nitrogens with zero attached hydrogens (tertiary/aromatic N) is 6. The summed E-state index contributed by atoms with van der Waals surface area (Å²) in [6.07, 6.45) is 6.69. The van der Waals surface area contributed by atoms with Crippen molar-refractivity contribution in [2.24, 2.45) is 0 Å². The van der Waals surface area contributed by atoms with Gasteiger partial charge in [-0.3, -0.25) is 4.90 Å². The minimum atomic E-state index is -0.412. The molecule has 154 valence electrons. The Morgan fingerprint density at radius 2 is 2.03 bits per heavy atom. The molecule has 3 heterocycles. The van der Waals surface area contributed by atoms with Crippen LogP contribution in [0.2, 0.25) is 5.02 Å². The van der Waals surface area contributed by atoms with Crippen molar-refractivity contribution >= 4 is 29.4 Å². The van der Waals surface area contributed by atoms with Crippen LogP contribution in [0.5, 0.6) is 0 Å². The number of rotatable bonds is 5. The fraction of sp³-hybridized carbons (Fsp3) is 0.300. The van der Waals surface area contributed by atoms with Gasteiger partial charge in [0, 0.05) is 37.6 Å². The largest absolute Gasteiger partial charge is 0.343 e. The number of nitrogens with one attached hydrogen (secondary N) is 1. The molecule has 30 heavy (non-hydrogen) atoms. The van der Waals surface area contributed by atoms with Gasteiger partial charge in [0.15, 0.2) is 0 Å². The topological polar surface area (TPSA) is 79.2 Å². The molecule has 0 radical (unpaired) electrons. The number of urea groups is 1. The van der Waals surface area contributed by atoms with Crippen molar-refractivity contribution in [1.82, 2.24) is 24.4 Å². The van der Waals surface area contributed by atoms with Crippen molar-refractivity contribution < 1.29 is 9.18 Å². The molecule has 1 aromatic carbocycles. The number of carbonyl (C=O) groups is 1. The van der Waals surface area contributed by atoms with Crippen molar-refractivity contribution in [2.45, 2.75) is 18.4 Å². The summed E-state index contributed by atoms with van der Waals surface area (Å²) in [4.78, 5) is 28.8. The molecule has 0 bridgehead atoms. The summed E-state index contributed by atoms with van der Waals surface area (Å²) in [6, 6.07) is 6.04. The van der Waals surface area contributed by atoms with Crippen LogP contribution in [-0.2, 0) is 5.54 Å². The SMILES string of the molecule is CN1CCN(c2ccnc(NC3(c4cn(-c5cc(Cl)ccc5F)cn4)CC3)n2)C1=O. The molecule has 0 spiro atoms. The van der Waals surface area contributed by atoms with Crippen LogP contribution < -0.4 is 10.2 Å². The molecule has 2 aromatic heterocycles. The lowest BCUT2D eigenvalue weighted by molar-refractivity contribution is 0.229. The number of carbonyl (C=O) groups excluding carboxylic acids is 1. The summed E-state index contributed by atoms with van der Waals surface area (Å²) in [5.41, 5.74) is 0.699. The molecule has 1 aliphatic carbocycles. The van der Waals surface area contributed by atoms with E-state index in [-0.39, 0.29) is 11.8 Å². The molecule has 0 unspecified atom stereocenters. The van der Waals surface area contributed by atoms with Gasteiger partial charge < -0.3 is 14.8 Å². The molecular formula is C20H19ClFN7O. The molecule has 2 fully saturated rings. The zero-order valence-electron chi connectivity index (χ0n) is 16.2. The summed E-state index contributed by atoms with van der Waals surface area (Å²) < 4.78 is 15.8. The first kappa shape index (κ1) is 18.8. The third-order valence-electron chi connectivity index (χ3n) is 5.49. The Bertz CT molecular complexity index is 1130. The predicted octanol–water partition coefficient (Wildman–Crippen LogP) is 3.43. The molecule has 1 saturated carbocycles. The number of likely N-dealkylation sites (N-methyl/N-ethyl adjacent to an activating group) is 1. The first-order valence-corrected chi connectivity index (χ1v) is 9.97. The Balaban J connectivity index is 1.39. The van der Waals surface area contributed by atoms with Crippen LogP contribution in [-0.4, -0.2) is 50.6 Å². The average Bonchev–Trinajstić information content (AvgIpc) is 3.19. The van der Waals surface area contributed by atoms with Crippen molar-refractivity contribution in [2.75, 3.05) is 30.4 Å². The lowest BCUT2D eigenvalue weighted by atomic mass is 10.2. The highest BCUT2D eigenvalue weighted by atomic mass is 35.5. The molecule has 8 nitrogen and oxygen atoms in total. The Kier molecular flexibility index (Phi) is 4.35. The van der Waals surface area contributed by atoms with Crippen molar-refractivity contribution in [3.63, 3.8) is 0 Å². The Morgan fingerprint density at radius 3 is 2.77 bits per heavy atom. The zero-order chi connectivity index (χ0) is 20.9. The van der Waals surface area contributed by atoms with Gasteiger partial charge in [0.25, 0.3) is 0 Å². The average molecular weight is 428 g/mol. The predicted molar refractivity (Wildman–Crippen MR) is 110 cm³/mol. The zero-order valence-corrected chi connectivity index (χ0v) is 17.0. The highest BCUT2D eigenvalue weighted by Gasteiger charge is 2.47. The van der Waals surface area contributed by atoms with Crippen LogP contribution in [0, 0.1) is 5.82 Å². The van der Waals surface area contributed by atoms with Crippen molar-refractivity contribution in [1.29, 1.82) is 0 Å². The van der Waals surface area contributed by atoms with E-state index in [1.165, 1.54) is 12.1 Å². The van der Waals surface area contributed by atoms with Gasteiger partial charge in [0.1, 0.15) is 11.6 Å². The number of imidazole rings is 1. The number of hydrogen-bond acceptors (Lipinski definition) is 5. The minimum absolute atomic E-state index is 0.0805. The molecule has 10 heteroatoms. The molecule has 2 amide bonds. The highest BCUT2D eigenvalue weighted by Crippen LogP contribution is 2.47. The van der Waals surface area contributed by atoms with Crippen LogP contribution >= 0.6 is 11.6 Å². The number of amides is 2. The van der Waals surface area contributed by atoms with E-state index >= 15 is 0 Å². The summed E-state index contributed by atoms with van der Waals surface area (Å²) in [7, 11) is 1.76. The van der Waals surface area contributed by atoms with Gasteiger partial charge >= 0.3 is 6.03 Å². The maximum atomic E-state index is 14.2. The van der Waals surface area contributed by atoms with E-state index in [0.717, 1.165) is 18.5 Å². The van der Waals surface area contributed by atoms with E-state index in [1.54, 1.807) is 52.3 Å². The number of hydrogen-bond donors (Lipinski definition) is 1. The summed E-state index contributed by atoms with van der Waals surface area (Å²) >= 11 is 6.01. The van der Waals surface area contributed by atoms with Gasteiger partial charge in [0.05, 0.1) is 23.2 Å². The number of halogens is 2. The number of anilines is 2. The second-order valence-corrected chi connectivity index (χ2v) is 8.00. The van der Waals surface area contributed by atoms with Gasteiger partial charge in [-0.25, -0.2) is 19.2 Å². The second kappa shape index (κ2) is 6.94. The smallest absolute Gasteiger partial charge is 0.325 e. The van der Waals surface area contributed by atoms with E-state index in [4.69, 9.17) is 11.6 Å². The van der Waals surface area contributed by atoms with Crippen molar-refractivity contribution in [3.8, 4) is 5.69 Å². The summed E-state index contributed by atoms with van der Waals surface area (Å²) in [5.74, 6) is 0.609. The Labute approximate surface area is 177 Å². The maximum Gasteiger partial charge on any atom is 0.325 e. The fourth-order valence-electron chi connectivity index (χ4n) is 3.59. The highest BCUT2D eigenvalue weighted by molar-refractivity contribution is 6.30. The lowest BCUT2D eigenvalue weighted by Crippen LogP contribution is -2.30. The first-order chi connectivity index (χ1) is 14.4. The van der Waals surface area contributed by atoms with E-state index in [1.807, 2.05) is 0 Å². The van der Waals surface area contributed by atoms with Gasteiger partial charge in [0.2, 0.25) is 5.95 Å².